The van der Waals surface area contributed by atoms with Crippen LogP contribution in [-0.2, 0) is 9.53 Å². The van der Waals surface area contributed by atoms with Crippen LogP contribution in [0.15, 0.2) is 18.2 Å². The highest BCUT2D eigenvalue weighted by atomic mass is 32.2. The van der Waals surface area contributed by atoms with Crippen molar-refractivity contribution in [2.24, 2.45) is 0 Å². The second kappa shape index (κ2) is 6.95. The van der Waals surface area contributed by atoms with Gasteiger partial charge in [0.2, 0.25) is 5.91 Å². The number of halogens is 1. The second-order valence-corrected chi connectivity index (χ2v) is 6.21. The number of nitrogens with two attached hydrogens (primary N) is 1. The molecule has 3 N–H and O–H groups in total. The number of ether oxygens (including phenoxy) is 1. The summed E-state index contributed by atoms with van der Waals surface area (Å²) in [5, 5.41) is 2.55. The number of anilines is 2. The summed E-state index contributed by atoms with van der Waals surface area (Å²) in [7, 11) is 0. The molecule has 0 saturated carbocycles. The van der Waals surface area contributed by atoms with Crippen LogP contribution in [0.2, 0.25) is 0 Å². The van der Waals surface area contributed by atoms with E-state index in [1.807, 2.05) is 6.92 Å². The molecule has 0 aromatic heterocycles. The largest absolute Gasteiger partial charge is 0.396 e. The van der Waals surface area contributed by atoms with Gasteiger partial charge < -0.3 is 15.8 Å². The first-order valence-corrected chi connectivity index (χ1v) is 7.70. The Bertz CT molecular complexity index is 478. The predicted octanol–water partition coefficient (Wildman–Crippen LogP) is 2.65. The van der Waals surface area contributed by atoms with Gasteiger partial charge in [-0.25, -0.2) is 4.39 Å². The van der Waals surface area contributed by atoms with E-state index >= 15 is 0 Å². The smallest absolute Gasteiger partial charge is 0.237 e. The van der Waals surface area contributed by atoms with Gasteiger partial charge in [-0.3, -0.25) is 4.79 Å². The quantitative estimate of drug-likeness (QED) is 0.820. The van der Waals surface area contributed by atoms with Crippen LogP contribution in [0.25, 0.3) is 0 Å². The van der Waals surface area contributed by atoms with E-state index in [0.29, 0.717) is 5.69 Å². The molecule has 1 heterocycles. The summed E-state index contributed by atoms with van der Waals surface area (Å²) >= 11 is 1.57. The molecule has 1 fully saturated rings. The number of hydrogen-bond donors (Lipinski definition) is 2. The fraction of sp³-hybridized carbons (Fsp3) is 0.500. The number of benzene rings is 1. The average Bonchev–Trinajstić information content (AvgIpc) is 2.93. The SMILES string of the molecule is CC(SCC1CCCO1)C(=O)Nc1ccc(F)c(N)c1. The Balaban J connectivity index is 1.81. The van der Waals surface area contributed by atoms with E-state index in [0.717, 1.165) is 25.2 Å². The van der Waals surface area contributed by atoms with Gasteiger partial charge in [0.05, 0.1) is 17.0 Å². The standard InChI is InChI=1S/C14H19FN2O2S/c1-9(20-8-11-3-2-6-19-11)14(18)17-10-4-5-12(15)13(16)7-10/h4-5,7,9,11H,2-3,6,8,16H2,1H3,(H,17,18). The molecule has 2 rings (SSSR count). The van der Waals surface area contributed by atoms with E-state index in [9.17, 15) is 9.18 Å². The van der Waals surface area contributed by atoms with E-state index in [4.69, 9.17) is 10.5 Å². The zero-order valence-electron chi connectivity index (χ0n) is 11.4. The van der Waals surface area contributed by atoms with Gasteiger partial charge in [0, 0.05) is 18.0 Å². The summed E-state index contributed by atoms with van der Waals surface area (Å²) in [5.74, 6) is 0.225. The lowest BCUT2D eigenvalue weighted by Crippen LogP contribution is -2.24. The van der Waals surface area contributed by atoms with E-state index in [2.05, 4.69) is 5.32 Å². The fourth-order valence-electron chi connectivity index (χ4n) is 1.97. The first kappa shape index (κ1) is 15.1. The van der Waals surface area contributed by atoms with Gasteiger partial charge in [-0.15, -0.1) is 11.8 Å². The Morgan fingerprint density at radius 3 is 3.10 bits per heavy atom. The highest BCUT2D eigenvalue weighted by Gasteiger charge is 2.20. The van der Waals surface area contributed by atoms with E-state index in [-0.39, 0.29) is 22.9 Å². The first-order valence-electron chi connectivity index (χ1n) is 6.65. The van der Waals surface area contributed by atoms with Gasteiger partial charge in [-0.2, -0.15) is 0 Å². The molecule has 4 nitrogen and oxygen atoms in total. The molecule has 1 amide bonds. The Kier molecular flexibility index (Phi) is 5.25. The Hall–Kier alpha value is -1.27. The zero-order chi connectivity index (χ0) is 14.5. The summed E-state index contributed by atoms with van der Waals surface area (Å²) < 4.78 is 18.6. The van der Waals surface area contributed by atoms with E-state index in [1.54, 1.807) is 11.8 Å². The van der Waals surface area contributed by atoms with E-state index in [1.165, 1.54) is 18.2 Å². The summed E-state index contributed by atoms with van der Waals surface area (Å²) in [4.78, 5) is 12.0. The lowest BCUT2D eigenvalue weighted by molar-refractivity contribution is -0.115. The lowest BCUT2D eigenvalue weighted by atomic mass is 10.2. The molecule has 0 aliphatic carbocycles. The number of rotatable bonds is 5. The van der Waals surface area contributed by atoms with Gasteiger partial charge >= 0.3 is 0 Å². The van der Waals surface area contributed by atoms with Crippen LogP contribution in [0, 0.1) is 5.82 Å². The minimum absolute atomic E-state index is 0.0301. The van der Waals surface area contributed by atoms with Crippen molar-refractivity contribution >= 4 is 29.0 Å². The second-order valence-electron chi connectivity index (χ2n) is 4.84. The van der Waals surface area contributed by atoms with Crippen LogP contribution in [-0.4, -0.2) is 29.6 Å². The van der Waals surface area contributed by atoms with Gasteiger partial charge in [0.25, 0.3) is 0 Å². The number of nitrogen functional groups attached to an aromatic ring is 1. The molecule has 2 unspecified atom stereocenters. The topological polar surface area (TPSA) is 64.3 Å². The Morgan fingerprint density at radius 2 is 2.45 bits per heavy atom. The molecule has 1 aliphatic rings. The average molecular weight is 298 g/mol. The van der Waals surface area contributed by atoms with Crippen molar-refractivity contribution in [1.29, 1.82) is 0 Å². The number of carbonyl (C=O) groups excluding carboxylic acids is 1. The van der Waals surface area contributed by atoms with Crippen LogP contribution < -0.4 is 11.1 Å². The summed E-state index contributed by atoms with van der Waals surface area (Å²) in [6.07, 6.45) is 2.42. The molecule has 0 radical (unpaired) electrons. The molecule has 0 bridgehead atoms. The number of thioether (sulfide) groups is 1. The third kappa shape index (κ3) is 4.11. The zero-order valence-corrected chi connectivity index (χ0v) is 12.2. The van der Waals surface area contributed by atoms with Crippen LogP contribution in [0.1, 0.15) is 19.8 Å². The molecule has 2 atom stereocenters. The van der Waals surface area contributed by atoms with Crippen molar-refractivity contribution in [1.82, 2.24) is 0 Å². The normalized spacial score (nSPS) is 19.8. The number of amides is 1. The van der Waals surface area contributed by atoms with Crippen LogP contribution in [0.5, 0.6) is 0 Å². The molecule has 1 aromatic carbocycles. The van der Waals surface area contributed by atoms with Crippen molar-refractivity contribution in [3.8, 4) is 0 Å². The molecule has 1 aromatic rings. The molecule has 110 valence electrons. The van der Waals surface area contributed by atoms with Crippen molar-refractivity contribution < 1.29 is 13.9 Å². The summed E-state index contributed by atoms with van der Waals surface area (Å²) in [6.45, 7) is 2.67. The number of nitrogens with one attached hydrogen (secondary N) is 1. The molecule has 6 heteroatoms. The highest BCUT2D eigenvalue weighted by molar-refractivity contribution is 8.00. The minimum Gasteiger partial charge on any atom is -0.396 e. The number of carbonyl (C=O) groups is 1. The van der Waals surface area contributed by atoms with Gasteiger partial charge in [-0.1, -0.05) is 0 Å². The van der Waals surface area contributed by atoms with Crippen molar-refractivity contribution in [3.05, 3.63) is 24.0 Å². The number of hydrogen-bond acceptors (Lipinski definition) is 4. The van der Waals surface area contributed by atoms with Gasteiger partial charge in [0.1, 0.15) is 5.82 Å². The monoisotopic (exact) mass is 298 g/mol. The highest BCUT2D eigenvalue weighted by Crippen LogP contribution is 2.22. The predicted molar refractivity (Wildman–Crippen MR) is 80.3 cm³/mol. The Morgan fingerprint density at radius 1 is 1.65 bits per heavy atom. The van der Waals surface area contributed by atoms with Crippen molar-refractivity contribution in [3.63, 3.8) is 0 Å². The maximum Gasteiger partial charge on any atom is 0.237 e. The van der Waals surface area contributed by atoms with Crippen LogP contribution >= 0.6 is 11.8 Å². The van der Waals surface area contributed by atoms with Crippen molar-refractivity contribution in [2.45, 2.75) is 31.1 Å². The Labute approximate surface area is 122 Å². The third-order valence-corrected chi connectivity index (χ3v) is 4.47. The third-order valence-electron chi connectivity index (χ3n) is 3.19. The molecule has 20 heavy (non-hydrogen) atoms. The molecule has 1 saturated heterocycles. The summed E-state index contributed by atoms with van der Waals surface area (Å²) in [6, 6.07) is 4.17. The van der Waals surface area contributed by atoms with Crippen molar-refractivity contribution in [2.75, 3.05) is 23.4 Å². The molecule has 0 spiro atoms. The molecule has 1 aliphatic heterocycles. The maximum atomic E-state index is 13.0. The lowest BCUT2D eigenvalue weighted by Gasteiger charge is -2.14. The van der Waals surface area contributed by atoms with Gasteiger partial charge in [0.15, 0.2) is 0 Å². The first-order chi connectivity index (χ1) is 9.56. The van der Waals surface area contributed by atoms with Crippen LogP contribution in [0.3, 0.4) is 0 Å². The molecular weight excluding hydrogens is 279 g/mol. The van der Waals surface area contributed by atoms with Gasteiger partial charge in [-0.05, 0) is 38.0 Å². The fourth-order valence-corrected chi connectivity index (χ4v) is 2.95. The van der Waals surface area contributed by atoms with E-state index < -0.39 is 5.82 Å². The summed E-state index contributed by atoms with van der Waals surface area (Å²) in [5.41, 5.74) is 6.01. The molecular formula is C14H19FN2O2S. The maximum absolute atomic E-state index is 13.0. The van der Waals surface area contributed by atoms with Crippen LogP contribution in [0.4, 0.5) is 15.8 Å². The minimum atomic E-state index is -0.483.